The first-order valence-corrected chi connectivity index (χ1v) is 8.25. The van der Waals surface area contributed by atoms with E-state index in [0.717, 1.165) is 27.9 Å². The molecule has 0 bridgehead atoms. The lowest BCUT2D eigenvalue weighted by molar-refractivity contribution is -0.135. The molecule has 1 aromatic carbocycles. The topological polar surface area (TPSA) is 80.1 Å². The van der Waals surface area contributed by atoms with Crippen molar-refractivity contribution in [2.45, 2.75) is 6.92 Å². The Morgan fingerprint density at radius 1 is 1.48 bits per heavy atom. The summed E-state index contributed by atoms with van der Waals surface area (Å²) in [6.45, 7) is 1.93. The largest absolute Gasteiger partial charge is 0.466 e. The number of rotatable bonds is 3. The van der Waals surface area contributed by atoms with Gasteiger partial charge < -0.3 is 4.74 Å². The highest BCUT2D eigenvalue weighted by molar-refractivity contribution is 9.10. The SMILES string of the molecule is COC(=O)/C=C1/S/C(=N\N=Cc2cc(C)cc(Br)c2Cl)NC1=O. The summed E-state index contributed by atoms with van der Waals surface area (Å²) in [7, 11) is 1.24. The number of ether oxygens (including phenoxy) is 1. The fraction of sp³-hybridized carbons (Fsp3) is 0.143. The van der Waals surface area contributed by atoms with Crippen molar-refractivity contribution in [3.05, 3.63) is 43.7 Å². The number of benzene rings is 1. The molecule has 0 atom stereocenters. The quantitative estimate of drug-likeness (QED) is 0.355. The third kappa shape index (κ3) is 4.66. The van der Waals surface area contributed by atoms with Crippen LogP contribution >= 0.6 is 39.3 Å². The van der Waals surface area contributed by atoms with Crippen molar-refractivity contribution in [1.82, 2.24) is 5.32 Å². The molecule has 23 heavy (non-hydrogen) atoms. The van der Waals surface area contributed by atoms with E-state index in [1.807, 2.05) is 19.1 Å². The van der Waals surface area contributed by atoms with Crippen LogP contribution in [0.3, 0.4) is 0 Å². The molecule has 1 heterocycles. The molecule has 0 radical (unpaired) electrons. The van der Waals surface area contributed by atoms with E-state index < -0.39 is 11.9 Å². The Morgan fingerprint density at radius 2 is 2.22 bits per heavy atom. The van der Waals surface area contributed by atoms with Crippen molar-refractivity contribution in [1.29, 1.82) is 0 Å². The van der Waals surface area contributed by atoms with Crippen molar-refractivity contribution in [2.24, 2.45) is 10.2 Å². The zero-order chi connectivity index (χ0) is 17.0. The van der Waals surface area contributed by atoms with Gasteiger partial charge in [-0.15, -0.1) is 5.10 Å². The molecule has 1 N–H and O–H groups in total. The molecule has 1 aliphatic heterocycles. The number of nitrogens with zero attached hydrogens (tertiary/aromatic N) is 2. The van der Waals surface area contributed by atoms with Gasteiger partial charge in [-0.25, -0.2) is 4.79 Å². The van der Waals surface area contributed by atoms with Crippen LogP contribution in [0.15, 0.2) is 37.8 Å². The summed E-state index contributed by atoms with van der Waals surface area (Å²) in [5, 5.41) is 11.1. The van der Waals surface area contributed by atoms with E-state index in [1.54, 1.807) is 0 Å². The van der Waals surface area contributed by atoms with Crippen molar-refractivity contribution in [2.75, 3.05) is 7.11 Å². The molecule has 1 saturated heterocycles. The Kier molecular flexibility index (Phi) is 5.97. The molecular weight excluding hydrogens is 406 g/mol. The molecule has 1 fully saturated rings. The fourth-order valence-corrected chi connectivity index (χ4v) is 3.12. The summed E-state index contributed by atoms with van der Waals surface area (Å²) in [5.41, 5.74) is 1.71. The summed E-state index contributed by atoms with van der Waals surface area (Å²) >= 11 is 10.5. The number of halogens is 2. The fourth-order valence-electron chi connectivity index (χ4n) is 1.63. The summed E-state index contributed by atoms with van der Waals surface area (Å²) in [5.74, 6) is -1.03. The number of amides is 1. The molecule has 0 unspecified atom stereocenters. The molecule has 1 amide bonds. The standard InChI is InChI=1S/C14H11BrClN3O3S/c1-7-3-8(12(16)9(15)4-7)6-17-19-14-18-13(21)10(23-14)5-11(20)22-2/h3-6H,1-2H3,(H,18,19,21)/b10-5+,17-6?. The Labute approximate surface area is 150 Å². The smallest absolute Gasteiger partial charge is 0.331 e. The summed E-state index contributed by atoms with van der Waals surface area (Å²) in [6, 6.07) is 3.75. The van der Waals surface area contributed by atoms with Crippen molar-refractivity contribution >= 4 is 62.6 Å². The predicted molar refractivity (Wildman–Crippen MR) is 94.8 cm³/mol. The lowest BCUT2D eigenvalue weighted by Crippen LogP contribution is -2.19. The molecule has 120 valence electrons. The van der Waals surface area contributed by atoms with Gasteiger partial charge in [0, 0.05) is 16.1 Å². The molecule has 9 heteroatoms. The van der Waals surface area contributed by atoms with Gasteiger partial charge >= 0.3 is 5.97 Å². The van der Waals surface area contributed by atoms with E-state index in [9.17, 15) is 9.59 Å². The number of hydrogen-bond acceptors (Lipinski definition) is 6. The van der Waals surface area contributed by atoms with Crippen LogP contribution in [0, 0.1) is 6.92 Å². The molecule has 6 nitrogen and oxygen atoms in total. The predicted octanol–water partition coefficient (Wildman–Crippen LogP) is 3.02. The van der Waals surface area contributed by atoms with E-state index in [4.69, 9.17) is 11.6 Å². The molecule has 1 aromatic rings. The Bertz CT molecular complexity index is 762. The summed E-state index contributed by atoms with van der Waals surface area (Å²) in [4.78, 5) is 23.0. The second kappa shape index (κ2) is 7.76. The number of esters is 1. The molecule has 0 aromatic heterocycles. The number of methoxy groups -OCH3 is 1. The Morgan fingerprint density at radius 3 is 2.91 bits per heavy atom. The van der Waals surface area contributed by atoms with Crippen molar-refractivity contribution < 1.29 is 14.3 Å². The van der Waals surface area contributed by atoms with Crippen LogP contribution < -0.4 is 5.32 Å². The number of nitrogens with one attached hydrogen (secondary N) is 1. The third-order valence-electron chi connectivity index (χ3n) is 2.65. The minimum atomic E-state index is -0.608. The highest BCUT2D eigenvalue weighted by atomic mass is 79.9. The number of carbonyl (C=O) groups excluding carboxylic acids is 2. The zero-order valence-electron chi connectivity index (χ0n) is 12.1. The number of carbonyl (C=O) groups is 2. The average Bonchev–Trinajstić information content (AvgIpc) is 2.84. The van der Waals surface area contributed by atoms with E-state index in [1.165, 1.54) is 13.3 Å². The van der Waals surface area contributed by atoms with Crippen LogP contribution in [0.1, 0.15) is 11.1 Å². The van der Waals surface area contributed by atoms with Gasteiger partial charge in [-0.1, -0.05) is 11.6 Å². The normalized spacial score (nSPS) is 18.0. The second-order valence-corrected chi connectivity index (χ2v) is 6.65. The maximum absolute atomic E-state index is 11.6. The summed E-state index contributed by atoms with van der Waals surface area (Å²) < 4.78 is 5.24. The maximum atomic E-state index is 11.6. The molecular formula is C14H11BrClN3O3S. The van der Waals surface area contributed by atoms with Crippen molar-refractivity contribution in [3.63, 3.8) is 0 Å². The van der Waals surface area contributed by atoms with Gasteiger partial charge in [0.05, 0.1) is 23.3 Å². The molecule has 0 spiro atoms. The molecule has 2 rings (SSSR count). The Balaban J connectivity index is 2.14. The maximum Gasteiger partial charge on any atom is 0.331 e. The molecule has 1 aliphatic rings. The van der Waals surface area contributed by atoms with Gasteiger partial charge in [0.25, 0.3) is 5.91 Å². The Hall–Kier alpha value is -1.64. The average molecular weight is 417 g/mol. The van der Waals surface area contributed by atoms with E-state index in [-0.39, 0.29) is 10.1 Å². The number of hydrogen-bond donors (Lipinski definition) is 1. The number of aryl methyl sites for hydroxylation is 1. The van der Waals surface area contributed by atoms with Gasteiger partial charge in [-0.2, -0.15) is 5.10 Å². The van der Waals surface area contributed by atoms with E-state index >= 15 is 0 Å². The van der Waals surface area contributed by atoms with Gasteiger partial charge in [0.1, 0.15) is 0 Å². The first-order chi connectivity index (χ1) is 10.9. The van der Waals surface area contributed by atoms with E-state index in [0.29, 0.717) is 10.6 Å². The van der Waals surface area contributed by atoms with Crippen LogP contribution in [-0.4, -0.2) is 30.4 Å². The van der Waals surface area contributed by atoms with Crippen LogP contribution in [0.2, 0.25) is 5.02 Å². The van der Waals surface area contributed by atoms with Crippen LogP contribution in [-0.2, 0) is 14.3 Å². The lowest BCUT2D eigenvalue weighted by Gasteiger charge is -2.02. The minimum Gasteiger partial charge on any atom is -0.466 e. The van der Waals surface area contributed by atoms with Crippen LogP contribution in [0.4, 0.5) is 0 Å². The van der Waals surface area contributed by atoms with Crippen molar-refractivity contribution in [3.8, 4) is 0 Å². The van der Waals surface area contributed by atoms with Gasteiger partial charge in [-0.05, 0) is 52.3 Å². The van der Waals surface area contributed by atoms with Crippen LogP contribution in [0.25, 0.3) is 0 Å². The first-order valence-electron chi connectivity index (χ1n) is 6.26. The van der Waals surface area contributed by atoms with E-state index in [2.05, 4.69) is 36.2 Å². The van der Waals surface area contributed by atoms with Gasteiger partial charge in [0.2, 0.25) is 0 Å². The highest BCUT2D eigenvalue weighted by Gasteiger charge is 2.24. The second-order valence-electron chi connectivity index (χ2n) is 4.39. The van der Waals surface area contributed by atoms with Crippen LogP contribution in [0.5, 0.6) is 0 Å². The summed E-state index contributed by atoms with van der Waals surface area (Å²) in [6.07, 6.45) is 2.59. The van der Waals surface area contributed by atoms with Gasteiger partial charge in [0.15, 0.2) is 5.17 Å². The molecule has 0 saturated carbocycles. The number of amidine groups is 1. The minimum absolute atomic E-state index is 0.196. The first kappa shape index (κ1) is 17.7. The highest BCUT2D eigenvalue weighted by Crippen LogP contribution is 2.27. The zero-order valence-corrected chi connectivity index (χ0v) is 15.3. The van der Waals surface area contributed by atoms with Gasteiger partial charge in [-0.3, -0.25) is 10.1 Å². The molecule has 0 aliphatic carbocycles. The lowest BCUT2D eigenvalue weighted by atomic mass is 10.1. The third-order valence-corrected chi connectivity index (χ3v) is 4.82. The monoisotopic (exact) mass is 415 g/mol. The number of thioether (sulfide) groups is 1.